The van der Waals surface area contributed by atoms with E-state index < -0.39 is 5.82 Å². The standard InChI is InChI=1S/C22H30FN9O3/c1-30(22(33)32-4-2-25-3-5-32)15-10-16(11-15)35-19-17(23)18(14-12-26-20(24)27-13-14)28-21(29-19)31-6-8-34-9-7-31/h12-13,15-16,25H,2-11H2,1H3,(H2,24,26,27). The molecule has 0 atom stereocenters. The molecule has 2 aromatic rings. The number of carbonyl (C=O) groups is 1. The number of halogens is 1. The lowest BCUT2D eigenvalue weighted by molar-refractivity contribution is 0.0296. The molecule has 0 spiro atoms. The van der Waals surface area contributed by atoms with Crippen molar-refractivity contribution in [2.24, 2.45) is 0 Å². The summed E-state index contributed by atoms with van der Waals surface area (Å²) in [6.07, 6.45) is 3.80. The van der Waals surface area contributed by atoms with Gasteiger partial charge in [0.15, 0.2) is 0 Å². The second kappa shape index (κ2) is 10.1. The van der Waals surface area contributed by atoms with Gasteiger partial charge in [-0.2, -0.15) is 9.37 Å². The summed E-state index contributed by atoms with van der Waals surface area (Å²) in [5, 5.41) is 3.25. The van der Waals surface area contributed by atoms with Crippen LogP contribution in [0.5, 0.6) is 5.88 Å². The minimum atomic E-state index is -0.677. The van der Waals surface area contributed by atoms with Crippen LogP contribution in [-0.4, -0.2) is 107 Å². The predicted octanol–water partition coefficient (Wildman–Crippen LogP) is 0.358. The third-order valence-corrected chi connectivity index (χ3v) is 6.63. The number of amides is 2. The molecule has 35 heavy (non-hydrogen) atoms. The molecule has 3 aliphatic rings. The maximum absolute atomic E-state index is 15.5. The van der Waals surface area contributed by atoms with Gasteiger partial charge >= 0.3 is 6.03 Å². The van der Waals surface area contributed by atoms with Crippen LogP contribution in [0.1, 0.15) is 12.8 Å². The highest BCUT2D eigenvalue weighted by molar-refractivity contribution is 5.74. The van der Waals surface area contributed by atoms with Crippen LogP contribution in [-0.2, 0) is 4.74 Å². The van der Waals surface area contributed by atoms with Gasteiger partial charge in [0.05, 0.1) is 13.2 Å². The average molecular weight is 488 g/mol. The highest BCUT2D eigenvalue weighted by Crippen LogP contribution is 2.34. The number of carbonyl (C=O) groups excluding carboxylic acids is 1. The lowest BCUT2D eigenvalue weighted by Gasteiger charge is -2.43. The monoisotopic (exact) mass is 487 g/mol. The zero-order valence-corrected chi connectivity index (χ0v) is 19.7. The zero-order chi connectivity index (χ0) is 24.4. The summed E-state index contributed by atoms with van der Waals surface area (Å²) >= 11 is 0. The molecule has 0 bridgehead atoms. The quantitative estimate of drug-likeness (QED) is 0.609. The number of piperazine rings is 1. The van der Waals surface area contributed by atoms with Gasteiger partial charge < -0.3 is 35.2 Å². The Balaban J connectivity index is 1.31. The fraction of sp³-hybridized carbons (Fsp3) is 0.591. The molecule has 188 valence electrons. The molecule has 0 aromatic carbocycles. The number of morpholine rings is 1. The molecule has 3 N–H and O–H groups in total. The number of rotatable bonds is 5. The Kier molecular flexibility index (Phi) is 6.77. The van der Waals surface area contributed by atoms with Crippen molar-refractivity contribution in [3.05, 3.63) is 18.2 Å². The number of hydrogen-bond acceptors (Lipinski definition) is 10. The van der Waals surface area contributed by atoms with Crippen molar-refractivity contribution in [3.63, 3.8) is 0 Å². The van der Waals surface area contributed by atoms with Crippen LogP contribution in [0, 0.1) is 5.82 Å². The first-order valence-electron chi connectivity index (χ1n) is 11.9. The Labute approximate surface area is 202 Å². The predicted molar refractivity (Wildman–Crippen MR) is 126 cm³/mol. The Morgan fingerprint density at radius 1 is 1.17 bits per heavy atom. The number of urea groups is 1. The van der Waals surface area contributed by atoms with E-state index in [1.807, 2.05) is 16.8 Å². The van der Waals surface area contributed by atoms with Crippen LogP contribution in [0.25, 0.3) is 11.3 Å². The lowest BCUT2D eigenvalue weighted by Crippen LogP contribution is -2.56. The number of hydrogen-bond donors (Lipinski definition) is 2. The molecule has 1 saturated carbocycles. The maximum atomic E-state index is 15.5. The normalized spacial score (nSPS) is 22.5. The molecule has 3 fully saturated rings. The second-order valence-corrected chi connectivity index (χ2v) is 8.92. The fourth-order valence-corrected chi connectivity index (χ4v) is 4.39. The van der Waals surface area contributed by atoms with Crippen molar-refractivity contribution < 1.29 is 18.7 Å². The summed E-state index contributed by atoms with van der Waals surface area (Å²) in [5.41, 5.74) is 6.02. The summed E-state index contributed by atoms with van der Waals surface area (Å²) in [6.45, 7) is 5.25. The number of anilines is 2. The highest BCUT2D eigenvalue weighted by Gasteiger charge is 2.38. The first-order chi connectivity index (χ1) is 17.0. The molecule has 1 aliphatic carbocycles. The van der Waals surface area contributed by atoms with Crippen LogP contribution in [0.15, 0.2) is 12.4 Å². The second-order valence-electron chi connectivity index (χ2n) is 8.92. The minimum Gasteiger partial charge on any atom is -0.472 e. The van der Waals surface area contributed by atoms with Crippen molar-refractivity contribution >= 4 is 17.9 Å². The largest absolute Gasteiger partial charge is 0.472 e. The van der Waals surface area contributed by atoms with E-state index in [0.717, 1.165) is 13.1 Å². The summed E-state index contributed by atoms with van der Waals surface area (Å²) in [7, 11) is 1.81. The van der Waals surface area contributed by atoms with Gasteiger partial charge in [0.1, 0.15) is 11.8 Å². The Morgan fingerprint density at radius 3 is 2.54 bits per heavy atom. The Hall–Kier alpha value is -3.32. The summed E-state index contributed by atoms with van der Waals surface area (Å²) in [6, 6.07) is 0.0550. The summed E-state index contributed by atoms with van der Waals surface area (Å²) in [5.74, 6) is -0.344. The van der Waals surface area contributed by atoms with Crippen molar-refractivity contribution in [2.45, 2.75) is 25.0 Å². The van der Waals surface area contributed by atoms with Gasteiger partial charge in [0.25, 0.3) is 5.88 Å². The molecule has 2 amide bonds. The van der Waals surface area contributed by atoms with E-state index in [2.05, 4.69) is 25.3 Å². The van der Waals surface area contributed by atoms with Gasteiger partial charge in [-0.3, -0.25) is 0 Å². The van der Waals surface area contributed by atoms with E-state index in [1.165, 1.54) is 12.4 Å². The van der Waals surface area contributed by atoms with Crippen LogP contribution < -0.4 is 20.7 Å². The zero-order valence-electron chi connectivity index (χ0n) is 19.7. The molecule has 13 heteroatoms. The van der Waals surface area contributed by atoms with Gasteiger partial charge in [-0.25, -0.2) is 19.7 Å². The van der Waals surface area contributed by atoms with E-state index in [0.29, 0.717) is 63.7 Å². The number of aromatic nitrogens is 4. The summed E-state index contributed by atoms with van der Waals surface area (Å²) < 4.78 is 26.9. The van der Waals surface area contributed by atoms with Crippen LogP contribution in [0.4, 0.5) is 21.1 Å². The molecule has 4 heterocycles. The van der Waals surface area contributed by atoms with E-state index in [-0.39, 0.29) is 35.7 Å². The molecule has 5 rings (SSSR count). The van der Waals surface area contributed by atoms with E-state index in [9.17, 15) is 4.79 Å². The number of nitrogens with two attached hydrogens (primary N) is 1. The first kappa shape index (κ1) is 23.4. The lowest BCUT2D eigenvalue weighted by atomic mass is 9.88. The fourth-order valence-electron chi connectivity index (χ4n) is 4.39. The number of nitrogen functional groups attached to an aromatic ring is 1. The molecule has 2 aromatic heterocycles. The number of nitrogens with one attached hydrogen (secondary N) is 1. The molecule has 2 aliphatic heterocycles. The SMILES string of the molecule is CN(C(=O)N1CCNCC1)C1CC(Oc2nc(N3CCOCC3)nc(-c3cnc(N)nc3)c2F)C1. The smallest absolute Gasteiger partial charge is 0.320 e. The van der Waals surface area contributed by atoms with Crippen LogP contribution >= 0.6 is 0 Å². The minimum absolute atomic E-state index is 0.0170. The van der Waals surface area contributed by atoms with Crippen LogP contribution in [0.2, 0.25) is 0 Å². The van der Waals surface area contributed by atoms with Gasteiger partial charge in [-0.1, -0.05) is 0 Å². The van der Waals surface area contributed by atoms with Crippen molar-refractivity contribution in [1.29, 1.82) is 0 Å². The van der Waals surface area contributed by atoms with Crippen molar-refractivity contribution in [2.75, 3.05) is 70.2 Å². The van der Waals surface area contributed by atoms with Gasteiger partial charge in [0, 0.05) is 83.2 Å². The van der Waals surface area contributed by atoms with Gasteiger partial charge in [-0.15, -0.1) is 0 Å². The first-order valence-corrected chi connectivity index (χ1v) is 11.9. The molecular formula is C22H30FN9O3. The van der Waals surface area contributed by atoms with Crippen LogP contribution in [0.3, 0.4) is 0 Å². The Bertz CT molecular complexity index is 1040. The third-order valence-electron chi connectivity index (χ3n) is 6.63. The topological polar surface area (TPSA) is 135 Å². The highest BCUT2D eigenvalue weighted by atomic mass is 19.1. The maximum Gasteiger partial charge on any atom is 0.320 e. The van der Waals surface area contributed by atoms with E-state index in [1.54, 1.807) is 4.90 Å². The number of ether oxygens (including phenoxy) is 2. The average Bonchev–Trinajstić information content (AvgIpc) is 2.87. The van der Waals surface area contributed by atoms with Gasteiger partial charge in [-0.05, 0) is 0 Å². The van der Waals surface area contributed by atoms with E-state index in [4.69, 9.17) is 15.2 Å². The molecular weight excluding hydrogens is 457 g/mol. The number of nitrogens with zero attached hydrogens (tertiary/aromatic N) is 7. The third kappa shape index (κ3) is 5.05. The van der Waals surface area contributed by atoms with Crippen molar-refractivity contribution in [3.8, 4) is 17.1 Å². The van der Waals surface area contributed by atoms with Gasteiger partial charge in [0.2, 0.25) is 17.7 Å². The summed E-state index contributed by atoms with van der Waals surface area (Å²) in [4.78, 5) is 35.1. The molecule has 0 radical (unpaired) electrons. The van der Waals surface area contributed by atoms with Crippen molar-refractivity contribution in [1.82, 2.24) is 35.1 Å². The molecule has 0 unspecified atom stereocenters. The molecule has 12 nitrogen and oxygen atoms in total. The molecule has 2 saturated heterocycles. The Morgan fingerprint density at radius 2 is 1.86 bits per heavy atom. The van der Waals surface area contributed by atoms with E-state index >= 15 is 4.39 Å².